The van der Waals surface area contributed by atoms with E-state index in [1.807, 2.05) is 6.92 Å². The van der Waals surface area contributed by atoms with Gasteiger partial charge in [-0.25, -0.2) is 4.39 Å². The maximum Gasteiger partial charge on any atom is 0.128 e. The lowest BCUT2D eigenvalue weighted by atomic mass is 10.2. The highest BCUT2D eigenvalue weighted by atomic mass is 32.2. The minimum Gasteiger partial charge on any atom is -0.389 e. The third-order valence-corrected chi connectivity index (χ3v) is 3.68. The summed E-state index contributed by atoms with van der Waals surface area (Å²) in [5.74, 6) is 0.238. The molecule has 0 saturated carbocycles. The second kappa shape index (κ2) is 9.18. The average Bonchev–Trinajstić information content (AvgIpc) is 2.38. The fraction of sp³-hybridized carbons (Fsp3) is 0.571. The van der Waals surface area contributed by atoms with Crippen LogP contribution in [-0.4, -0.2) is 46.6 Å². The average molecular weight is 303 g/mol. The highest BCUT2D eigenvalue weighted by molar-refractivity contribution is 7.84. The number of halogens is 1. The SMILES string of the molecule is CC(CS(C)=O)NCC(O)COCc1ccccc1F. The molecule has 0 radical (unpaired) electrons. The van der Waals surface area contributed by atoms with Gasteiger partial charge < -0.3 is 15.2 Å². The van der Waals surface area contributed by atoms with Crippen LogP contribution in [0.25, 0.3) is 0 Å². The summed E-state index contributed by atoms with van der Waals surface area (Å²) >= 11 is 0. The van der Waals surface area contributed by atoms with E-state index < -0.39 is 16.9 Å². The van der Waals surface area contributed by atoms with E-state index in [0.29, 0.717) is 17.9 Å². The van der Waals surface area contributed by atoms with Gasteiger partial charge >= 0.3 is 0 Å². The summed E-state index contributed by atoms with van der Waals surface area (Å²) in [6.07, 6.45) is 0.973. The Morgan fingerprint density at radius 1 is 1.45 bits per heavy atom. The topological polar surface area (TPSA) is 58.6 Å². The van der Waals surface area contributed by atoms with Crippen molar-refractivity contribution in [1.82, 2.24) is 5.32 Å². The van der Waals surface area contributed by atoms with Crippen LogP contribution in [0, 0.1) is 5.82 Å². The molecule has 0 aliphatic heterocycles. The van der Waals surface area contributed by atoms with E-state index in [1.165, 1.54) is 6.07 Å². The van der Waals surface area contributed by atoms with E-state index in [9.17, 15) is 13.7 Å². The molecule has 20 heavy (non-hydrogen) atoms. The molecule has 0 heterocycles. The second-order valence-corrected chi connectivity index (χ2v) is 6.29. The zero-order chi connectivity index (χ0) is 15.0. The first-order valence-electron chi connectivity index (χ1n) is 6.51. The maximum atomic E-state index is 13.3. The highest BCUT2D eigenvalue weighted by Gasteiger charge is 2.09. The van der Waals surface area contributed by atoms with E-state index >= 15 is 0 Å². The van der Waals surface area contributed by atoms with Gasteiger partial charge in [0.05, 0.1) is 19.3 Å². The fourth-order valence-electron chi connectivity index (χ4n) is 1.73. The summed E-state index contributed by atoms with van der Waals surface area (Å²) in [6, 6.07) is 6.46. The van der Waals surface area contributed by atoms with Crippen molar-refractivity contribution >= 4 is 10.8 Å². The van der Waals surface area contributed by atoms with Crippen molar-refractivity contribution in [3.8, 4) is 0 Å². The Hall–Kier alpha value is -0.820. The summed E-state index contributed by atoms with van der Waals surface area (Å²) in [5, 5.41) is 12.8. The van der Waals surface area contributed by atoms with Crippen LogP contribution in [0.15, 0.2) is 24.3 Å². The Labute approximate surface area is 121 Å². The van der Waals surface area contributed by atoms with Crippen LogP contribution in [-0.2, 0) is 22.1 Å². The molecule has 1 aromatic carbocycles. The first-order valence-corrected chi connectivity index (χ1v) is 8.24. The summed E-state index contributed by atoms with van der Waals surface area (Å²) < 4.78 is 29.6. The first-order chi connectivity index (χ1) is 9.49. The Bertz CT molecular complexity index is 431. The second-order valence-electron chi connectivity index (χ2n) is 4.81. The van der Waals surface area contributed by atoms with Crippen molar-refractivity contribution < 1.29 is 18.4 Å². The minimum absolute atomic E-state index is 0.0713. The molecule has 0 spiro atoms. The molecule has 114 valence electrons. The van der Waals surface area contributed by atoms with Gasteiger partial charge in [0, 0.05) is 41.0 Å². The van der Waals surface area contributed by atoms with Crippen molar-refractivity contribution in [1.29, 1.82) is 0 Å². The van der Waals surface area contributed by atoms with Crippen LogP contribution < -0.4 is 5.32 Å². The van der Waals surface area contributed by atoms with E-state index in [2.05, 4.69) is 5.32 Å². The number of aliphatic hydroxyl groups is 1. The van der Waals surface area contributed by atoms with Gasteiger partial charge in [-0.3, -0.25) is 4.21 Å². The lowest BCUT2D eigenvalue weighted by Gasteiger charge is -2.16. The Balaban J connectivity index is 2.19. The lowest BCUT2D eigenvalue weighted by molar-refractivity contribution is 0.0271. The molecule has 0 aliphatic rings. The smallest absolute Gasteiger partial charge is 0.128 e. The van der Waals surface area contributed by atoms with Crippen LogP contribution in [0.1, 0.15) is 12.5 Å². The Morgan fingerprint density at radius 2 is 2.15 bits per heavy atom. The summed E-state index contributed by atoms with van der Waals surface area (Å²) in [5.41, 5.74) is 0.474. The Kier molecular flexibility index (Phi) is 7.91. The van der Waals surface area contributed by atoms with Crippen LogP contribution in [0.3, 0.4) is 0 Å². The van der Waals surface area contributed by atoms with Crippen molar-refractivity contribution in [2.45, 2.75) is 25.7 Å². The molecular weight excluding hydrogens is 281 g/mol. The molecule has 0 aliphatic carbocycles. The first kappa shape index (κ1) is 17.2. The molecule has 0 amide bonds. The largest absolute Gasteiger partial charge is 0.389 e. The van der Waals surface area contributed by atoms with Gasteiger partial charge in [0.15, 0.2) is 0 Å². The number of nitrogens with one attached hydrogen (secondary N) is 1. The molecule has 6 heteroatoms. The third-order valence-electron chi connectivity index (χ3n) is 2.71. The van der Waals surface area contributed by atoms with E-state index in [-0.39, 0.29) is 25.1 Å². The van der Waals surface area contributed by atoms with Gasteiger partial charge in [-0.1, -0.05) is 18.2 Å². The summed E-state index contributed by atoms with van der Waals surface area (Å²) in [7, 11) is -0.860. The molecule has 0 aromatic heterocycles. The molecule has 1 rings (SSSR count). The molecule has 3 atom stereocenters. The number of benzene rings is 1. The van der Waals surface area contributed by atoms with Gasteiger partial charge in [0.25, 0.3) is 0 Å². The standard InChI is InChI=1S/C14H22FNO3S/c1-11(10-20(2)18)16-7-13(17)9-19-8-12-5-3-4-6-14(12)15/h3-6,11,13,16-17H,7-10H2,1-2H3. The van der Waals surface area contributed by atoms with Gasteiger partial charge in [-0.2, -0.15) is 0 Å². The zero-order valence-corrected chi connectivity index (χ0v) is 12.7. The van der Waals surface area contributed by atoms with Crippen LogP contribution in [0.5, 0.6) is 0 Å². The van der Waals surface area contributed by atoms with Gasteiger partial charge in [-0.15, -0.1) is 0 Å². The predicted molar refractivity (Wildman–Crippen MR) is 78.5 cm³/mol. The maximum absolute atomic E-state index is 13.3. The molecule has 2 N–H and O–H groups in total. The Morgan fingerprint density at radius 3 is 2.80 bits per heavy atom. The number of hydrogen-bond acceptors (Lipinski definition) is 4. The normalized spacial score (nSPS) is 15.8. The lowest BCUT2D eigenvalue weighted by Crippen LogP contribution is -2.38. The van der Waals surface area contributed by atoms with Crippen molar-refractivity contribution in [2.75, 3.05) is 25.2 Å². The monoisotopic (exact) mass is 303 g/mol. The third kappa shape index (κ3) is 7.09. The zero-order valence-electron chi connectivity index (χ0n) is 11.8. The van der Waals surface area contributed by atoms with Crippen LogP contribution in [0.2, 0.25) is 0 Å². The quantitative estimate of drug-likeness (QED) is 0.716. The fourth-order valence-corrected chi connectivity index (χ4v) is 2.55. The molecule has 4 nitrogen and oxygen atoms in total. The molecule has 0 fully saturated rings. The number of hydrogen-bond donors (Lipinski definition) is 2. The predicted octanol–water partition coefficient (Wildman–Crippen LogP) is 1.06. The van der Waals surface area contributed by atoms with Crippen molar-refractivity contribution in [2.24, 2.45) is 0 Å². The molecule has 0 saturated heterocycles. The van der Waals surface area contributed by atoms with Crippen molar-refractivity contribution in [3.63, 3.8) is 0 Å². The summed E-state index contributed by atoms with van der Waals surface area (Å²) in [6.45, 7) is 2.53. The highest BCUT2D eigenvalue weighted by Crippen LogP contribution is 2.07. The number of rotatable bonds is 9. The van der Waals surface area contributed by atoms with E-state index in [0.717, 1.165) is 0 Å². The van der Waals surface area contributed by atoms with Crippen molar-refractivity contribution in [3.05, 3.63) is 35.6 Å². The van der Waals surface area contributed by atoms with E-state index in [4.69, 9.17) is 4.74 Å². The van der Waals surface area contributed by atoms with Crippen LogP contribution >= 0.6 is 0 Å². The molecule has 1 aromatic rings. The number of ether oxygens (including phenoxy) is 1. The van der Waals surface area contributed by atoms with Gasteiger partial charge in [0.1, 0.15) is 5.82 Å². The summed E-state index contributed by atoms with van der Waals surface area (Å²) in [4.78, 5) is 0. The van der Waals surface area contributed by atoms with Gasteiger partial charge in [-0.05, 0) is 13.0 Å². The van der Waals surface area contributed by atoms with E-state index in [1.54, 1.807) is 24.5 Å². The van der Waals surface area contributed by atoms with Crippen LogP contribution in [0.4, 0.5) is 4.39 Å². The number of aliphatic hydroxyl groups excluding tert-OH is 1. The molecule has 3 unspecified atom stereocenters. The minimum atomic E-state index is -0.860. The van der Waals surface area contributed by atoms with Gasteiger partial charge in [0.2, 0.25) is 0 Å². The molecule has 0 bridgehead atoms. The molecular formula is C14H22FNO3S.